The molecule has 1 aromatic rings. The molecule has 1 N–H and O–H groups in total. The molecule has 1 aromatic carbocycles. The first-order chi connectivity index (χ1) is 8.77. The number of halogens is 1. The lowest BCUT2D eigenvalue weighted by molar-refractivity contribution is 0.521. The summed E-state index contributed by atoms with van der Waals surface area (Å²) >= 11 is 5.95. The highest BCUT2D eigenvalue weighted by atomic mass is 35.5. The Hall–Kier alpha value is -0.530. The molecule has 0 radical (unpaired) electrons. The molecule has 0 aliphatic rings. The van der Waals surface area contributed by atoms with Crippen LogP contribution >= 0.6 is 11.6 Å². The Labute approximate surface area is 117 Å². The zero-order valence-corrected chi connectivity index (χ0v) is 12.5. The zero-order valence-electron chi connectivity index (χ0n) is 11.7. The van der Waals surface area contributed by atoms with Gasteiger partial charge in [0.05, 0.1) is 0 Å². The fraction of sp³-hybridized carbons (Fsp3) is 0.625. The predicted octanol–water partition coefficient (Wildman–Crippen LogP) is 5.00. The van der Waals surface area contributed by atoms with E-state index in [4.69, 9.17) is 11.6 Å². The lowest BCUT2D eigenvalue weighted by atomic mass is 9.93. The molecule has 0 aromatic heterocycles. The minimum atomic E-state index is 0.624. The second-order valence-corrected chi connectivity index (χ2v) is 5.34. The number of hydrogen-bond donors (Lipinski definition) is 1. The molecule has 0 aliphatic carbocycles. The average molecular weight is 268 g/mol. The van der Waals surface area contributed by atoms with E-state index in [1.165, 1.54) is 37.7 Å². The van der Waals surface area contributed by atoms with Crippen molar-refractivity contribution >= 4 is 11.6 Å². The van der Waals surface area contributed by atoms with Crippen molar-refractivity contribution in [2.75, 3.05) is 13.1 Å². The number of nitrogens with one attached hydrogen (secondary N) is 1. The molecule has 1 rings (SSSR count). The summed E-state index contributed by atoms with van der Waals surface area (Å²) in [6, 6.07) is 8.35. The minimum absolute atomic E-state index is 0.624. The van der Waals surface area contributed by atoms with Gasteiger partial charge in [-0.15, -0.1) is 0 Å². The van der Waals surface area contributed by atoms with Crippen molar-refractivity contribution in [2.45, 2.75) is 51.9 Å². The zero-order chi connectivity index (χ0) is 13.2. The van der Waals surface area contributed by atoms with Crippen LogP contribution in [0.4, 0.5) is 0 Å². The van der Waals surface area contributed by atoms with Gasteiger partial charge in [0.1, 0.15) is 0 Å². The molecule has 18 heavy (non-hydrogen) atoms. The van der Waals surface area contributed by atoms with Crippen molar-refractivity contribution in [1.82, 2.24) is 5.32 Å². The van der Waals surface area contributed by atoms with E-state index in [0.717, 1.165) is 18.1 Å². The molecular weight excluding hydrogens is 242 g/mol. The fourth-order valence-electron chi connectivity index (χ4n) is 2.26. The summed E-state index contributed by atoms with van der Waals surface area (Å²) in [5.74, 6) is 0.624. The monoisotopic (exact) mass is 267 g/mol. The van der Waals surface area contributed by atoms with Crippen LogP contribution in [0.1, 0.15) is 57.4 Å². The summed E-state index contributed by atoms with van der Waals surface area (Å²) in [6.07, 6.45) is 6.61. The van der Waals surface area contributed by atoms with Gasteiger partial charge in [0.2, 0.25) is 0 Å². The predicted molar refractivity (Wildman–Crippen MR) is 81.5 cm³/mol. The Morgan fingerprint density at radius 3 is 2.39 bits per heavy atom. The average Bonchev–Trinajstić information content (AvgIpc) is 2.39. The van der Waals surface area contributed by atoms with Crippen LogP contribution in [0.2, 0.25) is 5.02 Å². The number of unbranched alkanes of at least 4 members (excludes halogenated alkanes) is 3. The quantitative estimate of drug-likeness (QED) is 0.621. The van der Waals surface area contributed by atoms with Crippen LogP contribution < -0.4 is 5.32 Å². The van der Waals surface area contributed by atoms with Crippen LogP contribution in [0.15, 0.2) is 24.3 Å². The highest BCUT2D eigenvalue weighted by Gasteiger charge is 2.10. The Morgan fingerprint density at radius 1 is 1.06 bits per heavy atom. The van der Waals surface area contributed by atoms with Crippen molar-refractivity contribution in [1.29, 1.82) is 0 Å². The highest BCUT2D eigenvalue weighted by Crippen LogP contribution is 2.23. The molecule has 0 amide bonds. The Bertz CT molecular complexity index is 307. The highest BCUT2D eigenvalue weighted by molar-refractivity contribution is 6.30. The van der Waals surface area contributed by atoms with Gasteiger partial charge < -0.3 is 5.32 Å². The van der Waals surface area contributed by atoms with Gasteiger partial charge >= 0.3 is 0 Å². The SMILES string of the molecule is CCCCCCC(CNCC)c1ccc(Cl)cc1. The molecule has 2 heteroatoms. The topological polar surface area (TPSA) is 12.0 Å². The third-order valence-corrected chi connectivity index (χ3v) is 3.64. The second kappa shape index (κ2) is 9.41. The van der Waals surface area contributed by atoms with E-state index in [9.17, 15) is 0 Å². The number of likely N-dealkylation sites (N-methyl/N-ethyl adjacent to an activating group) is 1. The standard InChI is InChI=1S/C16H26ClN/c1-3-5-6-7-8-15(13-18-4-2)14-9-11-16(17)12-10-14/h9-12,15,18H,3-8,13H2,1-2H3. The van der Waals surface area contributed by atoms with Gasteiger partial charge in [-0.2, -0.15) is 0 Å². The third kappa shape index (κ3) is 5.88. The van der Waals surface area contributed by atoms with E-state index >= 15 is 0 Å². The van der Waals surface area contributed by atoms with Gasteiger partial charge in [-0.3, -0.25) is 0 Å². The Morgan fingerprint density at radius 2 is 1.78 bits per heavy atom. The molecule has 1 nitrogen and oxygen atoms in total. The molecule has 0 bridgehead atoms. The van der Waals surface area contributed by atoms with Crippen molar-refractivity contribution < 1.29 is 0 Å². The molecule has 0 fully saturated rings. The maximum atomic E-state index is 5.95. The number of hydrogen-bond acceptors (Lipinski definition) is 1. The summed E-state index contributed by atoms with van der Waals surface area (Å²) in [6.45, 7) is 6.54. The van der Waals surface area contributed by atoms with E-state index in [1.54, 1.807) is 0 Å². The van der Waals surface area contributed by atoms with Crippen LogP contribution in [-0.4, -0.2) is 13.1 Å². The van der Waals surface area contributed by atoms with Gasteiger partial charge in [-0.25, -0.2) is 0 Å². The minimum Gasteiger partial charge on any atom is -0.316 e. The molecule has 0 saturated heterocycles. The van der Waals surface area contributed by atoms with Crippen LogP contribution in [-0.2, 0) is 0 Å². The molecule has 102 valence electrons. The van der Waals surface area contributed by atoms with Crippen LogP contribution in [0.5, 0.6) is 0 Å². The fourth-order valence-corrected chi connectivity index (χ4v) is 2.38. The largest absolute Gasteiger partial charge is 0.316 e. The Balaban J connectivity index is 2.51. The van der Waals surface area contributed by atoms with Crippen LogP contribution in [0.3, 0.4) is 0 Å². The van der Waals surface area contributed by atoms with Crippen molar-refractivity contribution in [3.05, 3.63) is 34.9 Å². The van der Waals surface area contributed by atoms with Crippen molar-refractivity contribution in [2.24, 2.45) is 0 Å². The van der Waals surface area contributed by atoms with E-state index in [0.29, 0.717) is 5.92 Å². The van der Waals surface area contributed by atoms with Crippen LogP contribution in [0.25, 0.3) is 0 Å². The molecule has 0 saturated carbocycles. The first-order valence-corrected chi connectivity index (χ1v) is 7.61. The van der Waals surface area contributed by atoms with Crippen LogP contribution in [0, 0.1) is 0 Å². The summed E-state index contributed by atoms with van der Waals surface area (Å²) in [5, 5.41) is 4.30. The van der Waals surface area contributed by atoms with Gasteiger partial charge in [0, 0.05) is 11.6 Å². The molecular formula is C16H26ClN. The number of benzene rings is 1. The van der Waals surface area contributed by atoms with Gasteiger partial charge in [-0.1, -0.05) is 63.3 Å². The second-order valence-electron chi connectivity index (χ2n) is 4.91. The van der Waals surface area contributed by atoms with Crippen molar-refractivity contribution in [3.8, 4) is 0 Å². The normalized spacial score (nSPS) is 12.6. The first kappa shape index (κ1) is 15.5. The maximum absolute atomic E-state index is 5.95. The Kier molecular flexibility index (Phi) is 8.11. The third-order valence-electron chi connectivity index (χ3n) is 3.39. The lowest BCUT2D eigenvalue weighted by Crippen LogP contribution is -2.21. The maximum Gasteiger partial charge on any atom is 0.0406 e. The van der Waals surface area contributed by atoms with E-state index in [1.807, 2.05) is 12.1 Å². The molecule has 1 atom stereocenters. The van der Waals surface area contributed by atoms with E-state index in [2.05, 4.69) is 31.3 Å². The summed E-state index contributed by atoms with van der Waals surface area (Å²) < 4.78 is 0. The van der Waals surface area contributed by atoms with Gasteiger partial charge in [-0.05, 0) is 36.6 Å². The smallest absolute Gasteiger partial charge is 0.0406 e. The molecule has 0 heterocycles. The van der Waals surface area contributed by atoms with E-state index < -0.39 is 0 Å². The first-order valence-electron chi connectivity index (χ1n) is 7.24. The molecule has 1 unspecified atom stereocenters. The van der Waals surface area contributed by atoms with E-state index in [-0.39, 0.29) is 0 Å². The molecule has 0 aliphatic heterocycles. The summed E-state index contributed by atoms with van der Waals surface area (Å²) in [7, 11) is 0. The van der Waals surface area contributed by atoms with Gasteiger partial charge in [0.25, 0.3) is 0 Å². The lowest BCUT2D eigenvalue weighted by Gasteiger charge is -2.18. The van der Waals surface area contributed by atoms with Crippen molar-refractivity contribution in [3.63, 3.8) is 0 Å². The number of rotatable bonds is 9. The van der Waals surface area contributed by atoms with Gasteiger partial charge in [0.15, 0.2) is 0 Å². The summed E-state index contributed by atoms with van der Waals surface area (Å²) in [4.78, 5) is 0. The summed E-state index contributed by atoms with van der Waals surface area (Å²) in [5.41, 5.74) is 1.41. The molecule has 0 spiro atoms.